The fourth-order valence-electron chi connectivity index (χ4n) is 1.28. The van der Waals surface area contributed by atoms with E-state index in [9.17, 15) is 20.1 Å². The molecule has 0 aromatic heterocycles. The molecule has 0 heterocycles. The monoisotopic (exact) mass is 221 g/mol. The average Bonchev–Trinajstić information content (AvgIpc) is 2.22. The molecule has 1 atom stereocenters. The van der Waals surface area contributed by atoms with Crippen LogP contribution in [0.3, 0.4) is 0 Å². The number of carbonyl (C=O) groups excluding carboxylic acids is 1. The predicted octanol–water partition coefficient (Wildman–Crippen LogP) is 1.04. The van der Waals surface area contributed by atoms with E-state index in [1.807, 2.05) is 0 Å². The molecule has 0 radical (unpaired) electrons. The van der Waals surface area contributed by atoms with Crippen molar-refractivity contribution in [3.05, 3.63) is 34.8 Å². The Morgan fingerprint density at radius 3 is 2.69 bits per heavy atom. The van der Waals surface area contributed by atoms with Crippen molar-refractivity contribution in [1.82, 2.24) is 0 Å². The molecule has 0 saturated heterocycles. The van der Waals surface area contributed by atoms with E-state index in [4.69, 9.17) is 5.26 Å². The molecular formula is C11H11NO4. The molecule has 3 N–H and O–H groups in total. The third-order valence-electron chi connectivity index (χ3n) is 2.18. The minimum Gasteiger partial charge on any atom is -0.510 e. The van der Waals surface area contributed by atoms with Crippen molar-refractivity contribution in [3.63, 3.8) is 0 Å². The normalized spacial score (nSPS) is 21.4. The molecule has 1 unspecified atom stereocenters. The van der Waals surface area contributed by atoms with E-state index in [1.54, 1.807) is 6.07 Å². The van der Waals surface area contributed by atoms with Crippen LogP contribution in [0.15, 0.2) is 34.8 Å². The summed E-state index contributed by atoms with van der Waals surface area (Å²) in [6, 6.07) is 1.59. The lowest BCUT2D eigenvalue weighted by Crippen LogP contribution is -2.14. The molecule has 1 rings (SSSR count). The minimum atomic E-state index is -1.00. The molecule has 0 bridgehead atoms. The van der Waals surface area contributed by atoms with Crippen LogP contribution in [0.25, 0.3) is 0 Å². The third kappa shape index (κ3) is 2.30. The summed E-state index contributed by atoms with van der Waals surface area (Å²) in [5.41, 5.74) is -0.207. The van der Waals surface area contributed by atoms with E-state index in [0.29, 0.717) is 0 Å². The number of rotatable bonds is 2. The van der Waals surface area contributed by atoms with Crippen molar-refractivity contribution in [3.8, 4) is 6.07 Å². The average molecular weight is 221 g/mol. The van der Waals surface area contributed by atoms with Crippen LogP contribution in [0.2, 0.25) is 0 Å². The Hall–Kier alpha value is -2.06. The SMILES string of the molecule is CC(=O)/C(C#N)=C(\O)C1=CCC(O)C(O)=C1. The first kappa shape index (κ1) is 12.0. The Morgan fingerprint density at radius 1 is 1.62 bits per heavy atom. The number of Topliss-reactive ketones (excluding diaryl/α,β-unsaturated/α-hetero) is 1. The van der Waals surface area contributed by atoms with Gasteiger partial charge in [0.25, 0.3) is 0 Å². The number of hydrogen-bond acceptors (Lipinski definition) is 5. The van der Waals surface area contributed by atoms with E-state index in [2.05, 4.69) is 0 Å². The second kappa shape index (κ2) is 4.64. The molecule has 1 aliphatic rings. The quantitative estimate of drug-likeness (QED) is 0.367. The van der Waals surface area contributed by atoms with Gasteiger partial charge in [0.1, 0.15) is 29.3 Å². The Kier molecular flexibility index (Phi) is 3.48. The Morgan fingerprint density at radius 2 is 2.25 bits per heavy atom. The number of carbonyl (C=O) groups is 1. The largest absolute Gasteiger partial charge is 0.510 e. The Balaban J connectivity index is 3.14. The van der Waals surface area contributed by atoms with Crippen LogP contribution in [0.5, 0.6) is 0 Å². The van der Waals surface area contributed by atoms with Gasteiger partial charge in [-0.1, -0.05) is 6.08 Å². The molecular weight excluding hydrogens is 210 g/mol. The molecule has 0 aromatic rings. The van der Waals surface area contributed by atoms with Gasteiger partial charge in [-0.15, -0.1) is 0 Å². The lowest BCUT2D eigenvalue weighted by molar-refractivity contribution is -0.113. The van der Waals surface area contributed by atoms with Gasteiger partial charge < -0.3 is 15.3 Å². The zero-order valence-electron chi connectivity index (χ0n) is 8.64. The van der Waals surface area contributed by atoms with Crippen LogP contribution in [0.1, 0.15) is 13.3 Å². The van der Waals surface area contributed by atoms with Crippen molar-refractivity contribution < 1.29 is 20.1 Å². The minimum absolute atomic E-state index is 0.123. The summed E-state index contributed by atoms with van der Waals surface area (Å²) in [6.45, 7) is 1.16. The number of aliphatic hydroxyl groups excluding tert-OH is 3. The highest BCUT2D eigenvalue weighted by Crippen LogP contribution is 2.22. The van der Waals surface area contributed by atoms with Crippen molar-refractivity contribution in [2.24, 2.45) is 0 Å². The van der Waals surface area contributed by atoms with E-state index >= 15 is 0 Å². The maximum Gasteiger partial charge on any atom is 0.174 e. The maximum absolute atomic E-state index is 11.0. The number of nitrogens with zero attached hydrogens (tertiary/aromatic N) is 1. The van der Waals surface area contributed by atoms with Gasteiger partial charge in [0.05, 0.1) is 0 Å². The molecule has 84 valence electrons. The van der Waals surface area contributed by atoms with Crippen LogP contribution in [0.4, 0.5) is 0 Å². The van der Waals surface area contributed by atoms with Crippen molar-refractivity contribution in [1.29, 1.82) is 5.26 Å². The lowest BCUT2D eigenvalue weighted by atomic mass is 9.99. The van der Waals surface area contributed by atoms with Crippen LogP contribution in [0, 0.1) is 11.3 Å². The summed E-state index contributed by atoms with van der Waals surface area (Å²) in [7, 11) is 0. The number of aliphatic hydroxyl groups is 3. The fourth-order valence-corrected chi connectivity index (χ4v) is 1.28. The van der Waals surface area contributed by atoms with E-state index < -0.39 is 17.6 Å². The summed E-state index contributed by atoms with van der Waals surface area (Å²) in [5.74, 6) is -1.33. The van der Waals surface area contributed by atoms with Gasteiger partial charge in [0.2, 0.25) is 0 Å². The predicted molar refractivity (Wildman–Crippen MR) is 55.4 cm³/mol. The summed E-state index contributed by atoms with van der Waals surface area (Å²) < 4.78 is 0. The van der Waals surface area contributed by atoms with Crippen LogP contribution in [-0.2, 0) is 4.79 Å². The molecule has 0 saturated carbocycles. The topological polar surface area (TPSA) is 102 Å². The smallest absolute Gasteiger partial charge is 0.174 e. The highest BCUT2D eigenvalue weighted by Gasteiger charge is 2.19. The number of hydrogen-bond donors (Lipinski definition) is 3. The van der Waals surface area contributed by atoms with E-state index in [0.717, 1.165) is 13.0 Å². The highest BCUT2D eigenvalue weighted by atomic mass is 16.3. The zero-order chi connectivity index (χ0) is 12.3. The molecule has 16 heavy (non-hydrogen) atoms. The van der Waals surface area contributed by atoms with Gasteiger partial charge >= 0.3 is 0 Å². The first-order valence-corrected chi connectivity index (χ1v) is 4.60. The van der Waals surface area contributed by atoms with E-state index in [-0.39, 0.29) is 23.3 Å². The van der Waals surface area contributed by atoms with Crippen molar-refractivity contribution in [2.75, 3.05) is 0 Å². The van der Waals surface area contributed by atoms with Crippen LogP contribution >= 0.6 is 0 Å². The molecule has 0 aromatic carbocycles. The summed E-state index contributed by atoms with van der Waals surface area (Å²) >= 11 is 0. The first-order chi connectivity index (χ1) is 7.47. The fraction of sp³-hybridized carbons (Fsp3) is 0.273. The second-order valence-electron chi connectivity index (χ2n) is 3.37. The molecule has 0 aliphatic heterocycles. The summed E-state index contributed by atoms with van der Waals surface area (Å²) in [6.07, 6.45) is 1.70. The van der Waals surface area contributed by atoms with Gasteiger partial charge in [-0.25, -0.2) is 0 Å². The van der Waals surface area contributed by atoms with E-state index in [1.165, 1.54) is 6.08 Å². The molecule has 5 heteroatoms. The zero-order valence-corrected chi connectivity index (χ0v) is 8.64. The molecule has 0 spiro atoms. The standard InChI is InChI=1S/C11H11NO4/c1-6(13)8(5-12)11(16)7-2-3-9(14)10(15)4-7/h2,4,9,14-16H,3H2,1H3/b11-8-. The number of allylic oxidation sites excluding steroid dienone is 2. The maximum atomic E-state index is 11.0. The van der Waals surface area contributed by atoms with Crippen molar-refractivity contribution in [2.45, 2.75) is 19.4 Å². The van der Waals surface area contributed by atoms with Crippen LogP contribution in [-0.4, -0.2) is 27.2 Å². The Labute approximate surface area is 92.3 Å². The summed E-state index contributed by atoms with van der Waals surface area (Å²) in [5, 5.41) is 36.8. The van der Waals surface area contributed by atoms with Crippen molar-refractivity contribution >= 4 is 5.78 Å². The summed E-state index contributed by atoms with van der Waals surface area (Å²) in [4.78, 5) is 11.0. The van der Waals surface area contributed by atoms with Gasteiger partial charge in [-0.2, -0.15) is 5.26 Å². The first-order valence-electron chi connectivity index (χ1n) is 4.60. The molecule has 0 fully saturated rings. The molecule has 1 aliphatic carbocycles. The Bertz CT molecular complexity index is 451. The number of nitriles is 1. The molecule has 0 amide bonds. The number of ketones is 1. The highest BCUT2D eigenvalue weighted by molar-refractivity contribution is 5.98. The van der Waals surface area contributed by atoms with Gasteiger partial charge in [-0.3, -0.25) is 4.79 Å². The van der Waals surface area contributed by atoms with Gasteiger partial charge in [0.15, 0.2) is 5.78 Å². The lowest BCUT2D eigenvalue weighted by Gasteiger charge is -2.14. The van der Waals surface area contributed by atoms with Crippen LogP contribution < -0.4 is 0 Å². The van der Waals surface area contributed by atoms with Gasteiger partial charge in [0, 0.05) is 12.5 Å². The third-order valence-corrected chi connectivity index (χ3v) is 2.18. The molecule has 5 nitrogen and oxygen atoms in total. The van der Waals surface area contributed by atoms with Gasteiger partial charge in [-0.05, 0) is 12.5 Å². The second-order valence-corrected chi connectivity index (χ2v) is 3.37.